The predicted octanol–water partition coefficient (Wildman–Crippen LogP) is 1.79. The Morgan fingerprint density at radius 2 is 2.43 bits per heavy atom. The van der Waals surface area contributed by atoms with Crippen molar-refractivity contribution in [1.82, 2.24) is 4.90 Å². The Bertz CT molecular complexity index is 200. The van der Waals surface area contributed by atoms with Gasteiger partial charge >= 0.3 is 0 Å². The van der Waals surface area contributed by atoms with E-state index in [0.717, 1.165) is 32.5 Å². The van der Waals surface area contributed by atoms with Crippen molar-refractivity contribution in [2.75, 3.05) is 19.7 Å². The molecule has 1 aliphatic rings. The number of ether oxygens (including phenoxy) is 1. The van der Waals surface area contributed by atoms with Crippen LogP contribution in [0.15, 0.2) is 0 Å². The molecule has 1 saturated heterocycles. The molecule has 3 nitrogen and oxygen atoms in total. The van der Waals surface area contributed by atoms with Crippen molar-refractivity contribution >= 4 is 0 Å². The third-order valence-electron chi connectivity index (χ3n) is 2.80. The average Bonchev–Trinajstić information content (AvgIpc) is 2.39. The molecule has 0 spiro atoms. The lowest BCUT2D eigenvalue weighted by Crippen LogP contribution is -2.38. The maximum atomic E-state index is 8.73. The number of hydrogen-bond donors (Lipinski definition) is 0. The molecule has 0 saturated carbocycles. The van der Waals surface area contributed by atoms with Gasteiger partial charge in [0.25, 0.3) is 0 Å². The summed E-state index contributed by atoms with van der Waals surface area (Å²) in [5.41, 5.74) is 0. The molecule has 0 aromatic carbocycles. The summed E-state index contributed by atoms with van der Waals surface area (Å²) in [5.74, 6) is 0. The van der Waals surface area contributed by atoms with Crippen LogP contribution in [0, 0.1) is 11.3 Å². The van der Waals surface area contributed by atoms with Gasteiger partial charge in [0, 0.05) is 25.7 Å². The third kappa shape index (κ3) is 3.28. The van der Waals surface area contributed by atoms with E-state index in [1.165, 1.54) is 0 Å². The lowest BCUT2D eigenvalue weighted by molar-refractivity contribution is 0.0605. The molecule has 2 atom stereocenters. The molecule has 0 bridgehead atoms. The molecule has 0 radical (unpaired) electrons. The normalized spacial score (nSPS) is 26.5. The Balaban J connectivity index is 2.50. The number of hydrogen-bond acceptors (Lipinski definition) is 3. The fraction of sp³-hybridized carbons (Fsp3) is 0.909. The number of nitriles is 1. The summed E-state index contributed by atoms with van der Waals surface area (Å²) in [5, 5.41) is 8.73. The van der Waals surface area contributed by atoms with Gasteiger partial charge in [-0.1, -0.05) is 6.92 Å². The lowest BCUT2D eigenvalue weighted by Gasteiger charge is -2.29. The van der Waals surface area contributed by atoms with E-state index in [1.807, 2.05) is 0 Å². The molecule has 1 rings (SSSR count). The summed E-state index contributed by atoms with van der Waals surface area (Å²) in [4.78, 5) is 2.40. The zero-order valence-corrected chi connectivity index (χ0v) is 9.20. The van der Waals surface area contributed by atoms with E-state index in [-0.39, 0.29) is 0 Å². The zero-order valence-electron chi connectivity index (χ0n) is 9.20. The van der Waals surface area contributed by atoms with Gasteiger partial charge in [-0.2, -0.15) is 5.26 Å². The molecule has 0 aromatic heterocycles. The molecule has 0 aromatic rings. The monoisotopic (exact) mass is 196 g/mol. The smallest absolute Gasteiger partial charge is 0.0674 e. The Kier molecular flexibility index (Phi) is 4.92. The topological polar surface area (TPSA) is 36.3 Å². The highest BCUT2D eigenvalue weighted by molar-refractivity contribution is 4.83. The fourth-order valence-electron chi connectivity index (χ4n) is 2.00. The largest absolute Gasteiger partial charge is 0.377 e. The van der Waals surface area contributed by atoms with Gasteiger partial charge in [0.05, 0.1) is 18.6 Å². The Hall–Kier alpha value is -0.590. The van der Waals surface area contributed by atoms with E-state index < -0.39 is 0 Å². The van der Waals surface area contributed by atoms with Gasteiger partial charge in [-0.15, -0.1) is 0 Å². The minimum atomic E-state index is 0.310. The van der Waals surface area contributed by atoms with Crippen LogP contribution < -0.4 is 0 Å². The molecule has 1 aliphatic heterocycles. The van der Waals surface area contributed by atoms with E-state index in [0.29, 0.717) is 18.6 Å². The van der Waals surface area contributed by atoms with E-state index in [2.05, 4.69) is 24.8 Å². The molecule has 3 heteroatoms. The van der Waals surface area contributed by atoms with E-state index in [1.54, 1.807) is 0 Å². The first-order chi connectivity index (χ1) is 6.77. The van der Waals surface area contributed by atoms with Crippen LogP contribution in [0.25, 0.3) is 0 Å². The van der Waals surface area contributed by atoms with Crippen LogP contribution in [0.1, 0.15) is 33.1 Å². The molecule has 80 valence electrons. The Morgan fingerprint density at radius 1 is 1.64 bits per heavy atom. The van der Waals surface area contributed by atoms with Crippen LogP contribution in [0.2, 0.25) is 0 Å². The third-order valence-corrected chi connectivity index (χ3v) is 2.80. The fourth-order valence-corrected chi connectivity index (χ4v) is 2.00. The van der Waals surface area contributed by atoms with Crippen molar-refractivity contribution in [3.05, 3.63) is 0 Å². The maximum absolute atomic E-state index is 8.73. The van der Waals surface area contributed by atoms with Crippen LogP contribution in [-0.4, -0.2) is 36.7 Å². The summed E-state index contributed by atoms with van der Waals surface area (Å²) in [6.07, 6.45) is 3.10. The summed E-state index contributed by atoms with van der Waals surface area (Å²) in [6, 6.07) is 2.69. The maximum Gasteiger partial charge on any atom is 0.0674 e. The first-order valence-electron chi connectivity index (χ1n) is 5.50. The SMILES string of the molecule is CCC(CC#N)N1CCCOC(C)C1. The zero-order chi connectivity index (χ0) is 10.4. The first kappa shape index (κ1) is 11.5. The van der Waals surface area contributed by atoms with Crippen molar-refractivity contribution in [1.29, 1.82) is 5.26 Å². The Morgan fingerprint density at radius 3 is 3.07 bits per heavy atom. The lowest BCUT2D eigenvalue weighted by atomic mass is 10.1. The summed E-state index contributed by atoms with van der Waals surface area (Å²) >= 11 is 0. The number of nitrogens with zero attached hydrogens (tertiary/aromatic N) is 2. The van der Waals surface area contributed by atoms with Crippen molar-refractivity contribution in [3.63, 3.8) is 0 Å². The van der Waals surface area contributed by atoms with Crippen molar-refractivity contribution in [3.8, 4) is 6.07 Å². The van der Waals surface area contributed by atoms with Crippen LogP contribution in [0.4, 0.5) is 0 Å². The minimum absolute atomic E-state index is 0.310. The predicted molar refractivity (Wildman–Crippen MR) is 55.9 cm³/mol. The molecule has 1 heterocycles. The summed E-state index contributed by atoms with van der Waals surface area (Å²) < 4.78 is 5.58. The van der Waals surface area contributed by atoms with Crippen molar-refractivity contribution in [2.45, 2.75) is 45.3 Å². The molecule has 14 heavy (non-hydrogen) atoms. The molecule has 2 unspecified atom stereocenters. The van der Waals surface area contributed by atoms with Crippen molar-refractivity contribution in [2.24, 2.45) is 0 Å². The summed E-state index contributed by atoms with van der Waals surface area (Å²) in [7, 11) is 0. The highest BCUT2D eigenvalue weighted by atomic mass is 16.5. The van der Waals surface area contributed by atoms with E-state index in [4.69, 9.17) is 10.00 Å². The molecular formula is C11H20N2O. The highest BCUT2D eigenvalue weighted by Crippen LogP contribution is 2.13. The second-order valence-electron chi connectivity index (χ2n) is 3.95. The molecule has 0 aliphatic carbocycles. The van der Waals surface area contributed by atoms with Crippen LogP contribution in [-0.2, 0) is 4.74 Å². The molecular weight excluding hydrogens is 176 g/mol. The first-order valence-corrected chi connectivity index (χ1v) is 5.50. The minimum Gasteiger partial charge on any atom is -0.377 e. The second kappa shape index (κ2) is 6.00. The Labute approximate surface area is 86.6 Å². The van der Waals surface area contributed by atoms with E-state index >= 15 is 0 Å². The standard InChI is InChI=1S/C11H20N2O/c1-3-11(5-6-12)13-7-4-8-14-10(2)9-13/h10-11H,3-5,7-9H2,1-2H3. The van der Waals surface area contributed by atoms with Crippen LogP contribution in [0.5, 0.6) is 0 Å². The van der Waals surface area contributed by atoms with Gasteiger partial charge in [-0.3, -0.25) is 4.90 Å². The summed E-state index contributed by atoms with van der Waals surface area (Å²) in [6.45, 7) is 7.17. The average molecular weight is 196 g/mol. The second-order valence-corrected chi connectivity index (χ2v) is 3.95. The molecule has 0 amide bonds. The van der Waals surface area contributed by atoms with E-state index in [9.17, 15) is 0 Å². The highest BCUT2D eigenvalue weighted by Gasteiger charge is 2.21. The molecule has 1 fully saturated rings. The number of rotatable bonds is 3. The molecule has 0 N–H and O–H groups in total. The quantitative estimate of drug-likeness (QED) is 0.690. The van der Waals surface area contributed by atoms with Crippen LogP contribution >= 0.6 is 0 Å². The van der Waals surface area contributed by atoms with Crippen LogP contribution in [0.3, 0.4) is 0 Å². The van der Waals surface area contributed by atoms with Gasteiger partial charge in [0.2, 0.25) is 0 Å². The van der Waals surface area contributed by atoms with Gasteiger partial charge in [-0.05, 0) is 19.8 Å². The van der Waals surface area contributed by atoms with Gasteiger partial charge in [0.15, 0.2) is 0 Å². The van der Waals surface area contributed by atoms with Gasteiger partial charge < -0.3 is 4.74 Å². The van der Waals surface area contributed by atoms with Gasteiger partial charge in [-0.25, -0.2) is 0 Å². The van der Waals surface area contributed by atoms with Crippen molar-refractivity contribution < 1.29 is 4.74 Å². The van der Waals surface area contributed by atoms with Gasteiger partial charge in [0.1, 0.15) is 0 Å².